The Morgan fingerprint density at radius 1 is 1.23 bits per heavy atom. The maximum absolute atomic E-state index is 13.4. The highest BCUT2D eigenvalue weighted by Gasteiger charge is 2.44. The van der Waals surface area contributed by atoms with E-state index in [-0.39, 0.29) is 29.5 Å². The summed E-state index contributed by atoms with van der Waals surface area (Å²) >= 11 is 9.50. The van der Waals surface area contributed by atoms with Crippen LogP contribution in [-0.2, 0) is 11.8 Å². The number of carbonyl (C=O) groups is 1. The van der Waals surface area contributed by atoms with Crippen LogP contribution in [0.5, 0.6) is 5.75 Å². The van der Waals surface area contributed by atoms with Crippen LogP contribution in [0.1, 0.15) is 0 Å². The fourth-order valence-corrected chi connectivity index (χ4v) is 3.48. The van der Waals surface area contributed by atoms with E-state index in [9.17, 15) is 18.0 Å². The molecule has 0 atom stereocenters. The van der Waals surface area contributed by atoms with Crippen LogP contribution in [0.4, 0.5) is 24.5 Å². The summed E-state index contributed by atoms with van der Waals surface area (Å²) in [6.45, 7) is 0.414. The number of halogens is 5. The number of ether oxygens (including phenoxy) is 1. The second-order valence-corrected chi connectivity index (χ2v) is 7.72. The van der Waals surface area contributed by atoms with Gasteiger partial charge in [0.25, 0.3) is 0 Å². The van der Waals surface area contributed by atoms with Crippen molar-refractivity contribution in [2.75, 3.05) is 18.1 Å². The van der Waals surface area contributed by atoms with Gasteiger partial charge in [-0.15, -0.1) is 0 Å². The van der Waals surface area contributed by atoms with Crippen molar-refractivity contribution in [3.63, 3.8) is 0 Å². The van der Waals surface area contributed by atoms with E-state index in [1.807, 2.05) is 0 Å². The van der Waals surface area contributed by atoms with E-state index < -0.39 is 12.1 Å². The molecule has 1 heterocycles. The molecule has 0 fully saturated rings. The molecule has 2 N–H and O–H groups in total. The lowest BCUT2D eigenvalue weighted by atomic mass is 10.1. The fraction of sp³-hybridized carbons (Fsp3) is 0.200. The molecule has 0 unspecified atom stereocenters. The molecule has 0 saturated carbocycles. The van der Waals surface area contributed by atoms with Crippen molar-refractivity contribution in [2.45, 2.75) is 6.18 Å². The van der Waals surface area contributed by atoms with Gasteiger partial charge in [-0.2, -0.15) is 18.3 Å². The minimum atomic E-state index is -5.09. The third kappa shape index (κ3) is 5.03. The first-order valence-corrected chi connectivity index (χ1v) is 10.1. The first kappa shape index (κ1) is 23.1. The van der Waals surface area contributed by atoms with Gasteiger partial charge in [0.2, 0.25) is 0 Å². The van der Waals surface area contributed by atoms with E-state index in [0.29, 0.717) is 26.4 Å². The Kier molecular flexibility index (Phi) is 6.93. The summed E-state index contributed by atoms with van der Waals surface area (Å²) in [5.74, 6) is -1.69. The Morgan fingerprint density at radius 2 is 1.87 bits per heavy atom. The first-order valence-electron chi connectivity index (χ1n) is 8.95. The van der Waals surface area contributed by atoms with E-state index in [4.69, 9.17) is 22.1 Å². The van der Waals surface area contributed by atoms with E-state index in [2.05, 4.69) is 21.0 Å². The third-order valence-corrected chi connectivity index (χ3v) is 5.08. The zero-order valence-corrected chi connectivity index (χ0v) is 18.5. The van der Waals surface area contributed by atoms with E-state index in [1.165, 1.54) is 41.2 Å². The fourth-order valence-electron chi connectivity index (χ4n) is 2.95. The van der Waals surface area contributed by atoms with Gasteiger partial charge in [-0.25, -0.2) is 0 Å². The molecule has 0 spiro atoms. The Morgan fingerprint density at radius 3 is 2.42 bits per heavy atom. The molecule has 1 amide bonds. The maximum Gasteiger partial charge on any atom is 0.472 e. The van der Waals surface area contributed by atoms with Gasteiger partial charge < -0.3 is 10.5 Å². The summed E-state index contributed by atoms with van der Waals surface area (Å²) < 4.78 is 48.0. The largest absolute Gasteiger partial charge is 0.492 e. The van der Waals surface area contributed by atoms with Gasteiger partial charge in [0.15, 0.2) is 0 Å². The van der Waals surface area contributed by atoms with Crippen LogP contribution in [0.15, 0.2) is 53.1 Å². The van der Waals surface area contributed by atoms with Crippen LogP contribution in [-0.4, -0.2) is 35.0 Å². The Balaban J connectivity index is 2.20. The number of anilines is 2. The molecule has 0 aliphatic carbocycles. The second-order valence-electron chi connectivity index (χ2n) is 6.40. The highest BCUT2D eigenvalue weighted by Crippen LogP contribution is 2.40. The number of nitrogens with two attached hydrogens (primary N) is 1. The molecule has 31 heavy (non-hydrogen) atoms. The van der Waals surface area contributed by atoms with Crippen molar-refractivity contribution in [1.29, 1.82) is 0 Å². The average Bonchev–Trinajstić information content (AvgIpc) is 3.05. The van der Waals surface area contributed by atoms with E-state index >= 15 is 0 Å². The Labute approximate surface area is 189 Å². The normalized spacial score (nSPS) is 11.5. The van der Waals surface area contributed by atoms with Crippen LogP contribution in [0.25, 0.3) is 11.3 Å². The van der Waals surface area contributed by atoms with E-state index in [0.717, 1.165) is 0 Å². The number of amides is 1. The molecule has 0 saturated heterocycles. The van der Waals surface area contributed by atoms with Gasteiger partial charge in [-0.1, -0.05) is 27.5 Å². The summed E-state index contributed by atoms with van der Waals surface area (Å²) in [6.07, 6.45) is -3.68. The molecule has 3 rings (SSSR count). The van der Waals surface area contributed by atoms with Gasteiger partial charge in [0.1, 0.15) is 12.4 Å². The van der Waals surface area contributed by atoms with Gasteiger partial charge in [-0.3, -0.25) is 14.4 Å². The lowest BCUT2D eigenvalue weighted by Crippen LogP contribution is -2.38. The van der Waals surface area contributed by atoms with Crippen molar-refractivity contribution >= 4 is 44.8 Å². The standard InChI is InChI=1S/C20H17BrClF3N4O2/c1-28-18(16(22)11-27-28)15-10-14(6-7-17(15)31-9-8-26)29(19(30)20(23,24)25)13-4-2-12(21)3-5-13/h2-7,10-11H,8-9,26H2,1H3. The SMILES string of the molecule is Cn1ncc(Cl)c1-c1cc(N(C(=O)C(F)(F)F)c2ccc(Br)cc2)ccc1OCCN. The molecule has 2 aromatic carbocycles. The summed E-state index contributed by atoms with van der Waals surface area (Å²) in [6, 6.07) is 10.1. The Bertz CT molecular complexity index is 1070. The molecule has 0 aliphatic heterocycles. The molecule has 3 aromatic rings. The third-order valence-electron chi connectivity index (χ3n) is 4.28. The number of nitrogens with zero attached hydrogens (tertiary/aromatic N) is 3. The number of benzene rings is 2. The van der Waals surface area contributed by atoms with Gasteiger partial charge >= 0.3 is 12.1 Å². The molecule has 11 heteroatoms. The Hall–Kier alpha value is -2.56. The monoisotopic (exact) mass is 516 g/mol. The van der Waals surface area contributed by atoms with Crippen molar-refractivity contribution in [3.05, 3.63) is 58.2 Å². The second kappa shape index (κ2) is 9.29. The van der Waals surface area contributed by atoms with Crippen LogP contribution < -0.4 is 15.4 Å². The molecule has 1 aromatic heterocycles. The quantitative estimate of drug-likeness (QED) is 0.496. The number of aromatic nitrogens is 2. The van der Waals surface area contributed by atoms with Crippen LogP contribution in [0.2, 0.25) is 5.02 Å². The summed E-state index contributed by atoms with van der Waals surface area (Å²) in [7, 11) is 1.63. The topological polar surface area (TPSA) is 73.4 Å². The molecule has 0 bridgehead atoms. The maximum atomic E-state index is 13.4. The summed E-state index contributed by atoms with van der Waals surface area (Å²) in [5.41, 5.74) is 6.33. The first-order chi connectivity index (χ1) is 14.6. The van der Waals surface area contributed by atoms with Gasteiger partial charge in [-0.05, 0) is 42.5 Å². The van der Waals surface area contributed by atoms with Crippen molar-refractivity contribution in [3.8, 4) is 17.0 Å². The smallest absolute Gasteiger partial charge is 0.472 e. The predicted octanol–water partition coefficient (Wildman–Crippen LogP) is 5.07. The minimum absolute atomic E-state index is 0.0167. The zero-order valence-electron chi connectivity index (χ0n) is 16.2. The molecule has 0 radical (unpaired) electrons. The van der Waals surface area contributed by atoms with Crippen LogP contribution in [0.3, 0.4) is 0 Å². The van der Waals surface area contributed by atoms with Crippen LogP contribution >= 0.6 is 27.5 Å². The average molecular weight is 518 g/mol. The zero-order chi connectivity index (χ0) is 22.8. The number of alkyl halides is 3. The van der Waals surface area contributed by atoms with Gasteiger partial charge in [0, 0.05) is 29.3 Å². The predicted molar refractivity (Wildman–Crippen MR) is 116 cm³/mol. The van der Waals surface area contributed by atoms with Crippen molar-refractivity contribution in [1.82, 2.24) is 9.78 Å². The summed E-state index contributed by atoms with van der Waals surface area (Å²) in [5, 5.41) is 4.34. The molecular weight excluding hydrogens is 501 g/mol. The minimum Gasteiger partial charge on any atom is -0.492 e. The molecular formula is C20H17BrClF3N4O2. The lowest BCUT2D eigenvalue weighted by Gasteiger charge is -2.25. The molecule has 0 aliphatic rings. The number of rotatable bonds is 6. The van der Waals surface area contributed by atoms with Crippen molar-refractivity contribution < 1.29 is 22.7 Å². The van der Waals surface area contributed by atoms with Gasteiger partial charge in [0.05, 0.1) is 22.6 Å². The number of aryl methyl sites for hydroxylation is 1. The summed E-state index contributed by atoms with van der Waals surface area (Å²) in [4.78, 5) is 12.9. The number of hydrogen-bond donors (Lipinski definition) is 1. The molecule has 164 valence electrons. The number of carbonyl (C=O) groups excluding carboxylic acids is 1. The van der Waals surface area contributed by atoms with Crippen molar-refractivity contribution in [2.24, 2.45) is 12.8 Å². The lowest BCUT2D eigenvalue weighted by molar-refractivity contribution is -0.169. The number of hydrogen-bond acceptors (Lipinski definition) is 4. The highest BCUT2D eigenvalue weighted by molar-refractivity contribution is 9.10. The highest BCUT2D eigenvalue weighted by atomic mass is 79.9. The molecule has 6 nitrogen and oxygen atoms in total. The van der Waals surface area contributed by atoms with Crippen LogP contribution in [0, 0.1) is 0 Å². The van der Waals surface area contributed by atoms with E-state index in [1.54, 1.807) is 19.2 Å².